The molecule has 1 aromatic heterocycles. The van der Waals surface area contributed by atoms with Gasteiger partial charge in [-0.15, -0.1) is 0 Å². The normalized spacial score (nSPS) is 15.2. The summed E-state index contributed by atoms with van der Waals surface area (Å²) < 4.78 is 0. The van der Waals surface area contributed by atoms with Crippen LogP contribution in [0.15, 0.2) is 36.7 Å². The van der Waals surface area contributed by atoms with Crippen LogP contribution in [0.4, 0.5) is 5.82 Å². The van der Waals surface area contributed by atoms with E-state index in [1.54, 1.807) is 12.4 Å². The Balaban J connectivity index is 1.55. The Kier molecular flexibility index (Phi) is 5.60. The number of amides is 1. The number of aryl methyl sites for hydroxylation is 1. The quantitative estimate of drug-likeness (QED) is 0.901. The lowest BCUT2D eigenvalue weighted by molar-refractivity contribution is 0.0945. The topological polar surface area (TPSA) is 61.4 Å². The Morgan fingerprint density at radius 2 is 1.96 bits per heavy atom. The van der Waals surface area contributed by atoms with Gasteiger partial charge in [-0.25, -0.2) is 9.97 Å². The van der Waals surface area contributed by atoms with Crippen LogP contribution in [0.3, 0.4) is 0 Å². The molecule has 6 heteroatoms. The number of nitrogens with zero attached hydrogens (tertiary/aromatic N) is 4. The fourth-order valence-electron chi connectivity index (χ4n) is 2.99. The zero-order chi connectivity index (χ0) is 17.6. The number of benzene rings is 1. The average molecular weight is 339 g/mol. The van der Waals surface area contributed by atoms with E-state index in [2.05, 4.69) is 38.1 Å². The summed E-state index contributed by atoms with van der Waals surface area (Å²) >= 11 is 0. The molecule has 0 atom stereocenters. The maximum Gasteiger partial charge on any atom is 0.271 e. The van der Waals surface area contributed by atoms with E-state index < -0.39 is 0 Å². The molecule has 132 valence electrons. The van der Waals surface area contributed by atoms with Gasteiger partial charge in [-0.05, 0) is 19.0 Å². The van der Waals surface area contributed by atoms with Crippen molar-refractivity contribution in [3.63, 3.8) is 0 Å². The number of hydrogen-bond acceptors (Lipinski definition) is 5. The second-order valence-corrected chi connectivity index (χ2v) is 6.35. The third-order valence-electron chi connectivity index (χ3n) is 4.55. The van der Waals surface area contributed by atoms with Gasteiger partial charge < -0.3 is 15.1 Å². The minimum Gasteiger partial charge on any atom is -0.353 e. The number of hydrogen-bond donors (Lipinski definition) is 1. The van der Waals surface area contributed by atoms with E-state index in [0.29, 0.717) is 12.2 Å². The molecule has 1 amide bonds. The van der Waals surface area contributed by atoms with Gasteiger partial charge in [-0.3, -0.25) is 4.79 Å². The van der Waals surface area contributed by atoms with Crippen molar-refractivity contribution < 1.29 is 4.79 Å². The van der Waals surface area contributed by atoms with Gasteiger partial charge in [0.1, 0.15) is 11.5 Å². The molecule has 1 fully saturated rings. The first kappa shape index (κ1) is 17.4. The number of carbonyl (C=O) groups is 1. The van der Waals surface area contributed by atoms with E-state index in [1.165, 1.54) is 5.56 Å². The number of aromatic nitrogens is 2. The molecular weight excluding hydrogens is 314 g/mol. The first-order chi connectivity index (χ1) is 12.2. The number of piperazine rings is 1. The van der Waals surface area contributed by atoms with Gasteiger partial charge in [-0.2, -0.15) is 0 Å². The Morgan fingerprint density at radius 3 is 2.60 bits per heavy atom. The van der Waals surface area contributed by atoms with Gasteiger partial charge in [0.25, 0.3) is 5.91 Å². The Labute approximate surface area is 148 Å². The Morgan fingerprint density at radius 1 is 1.16 bits per heavy atom. The highest BCUT2D eigenvalue weighted by molar-refractivity contribution is 5.91. The lowest BCUT2D eigenvalue weighted by atomic mass is 10.1. The summed E-state index contributed by atoms with van der Waals surface area (Å²) in [4.78, 5) is 25.6. The van der Waals surface area contributed by atoms with Crippen LogP contribution in [0.25, 0.3) is 0 Å². The molecule has 0 aliphatic carbocycles. The molecule has 1 N–H and O–H groups in total. The lowest BCUT2D eigenvalue weighted by Crippen LogP contribution is -2.46. The summed E-state index contributed by atoms with van der Waals surface area (Å²) in [6.07, 6.45) is 3.26. The van der Waals surface area contributed by atoms with Crippen LogP contribution in [0, 0.1) is 6.92 Å². The van der Waals surface area contributed by atoms with Crippen molar-refractivity contribution in [1.82, 2.24) is 20.2 Å². The van der Waals surface area contributed by atoms with E-state index in [1.807, 2.05) is 25.1 Å². The molecule has 25 heavy (non-hydrogen) atoms. The van der Waals surface area contributed by atoms with Gasteiger partial charge >= 0.3 is 0 Å². The summed E-state index contributed by atoms with van der Waals surface area (Å²) in [6, 6.07) is 8.09. The van der Waals surface area contributed by atoms with Crippen LogP contribution in [-0.2, 0) is 6.54 Å². The molecule has 2 aromatic rings. The average Bonchev–Trinajstić information content (AvgIpc) is 2.66. The SMILES string of the molecule is CCN1CCN(c2cnc(C(=O)NCc3cccc(C)c3)cn2)CC1. The highest BCUT2D eigenvalue weighted by Gasteiger charge is 2.17. The summed E-state index contributed by atoms with van der Waals surface area (Å²) in [5, 5.41) is 2.89. The maximum absolute atomic E-state index is 12.2. The van der Waals surface area contributed by atoms with Gasteiger partial charge in [0.05, 0.1) is 12.4 Å². The predicted molar refractivity (Wildman–Crippen MR) is 98.7 cm³/mol. The summed E-state index contributed by atoms with van der Waals surface area (Å²) in [5.41, 5.74) is 2.61. The molecule has 1 aliphatic heterocycles. The zero-order valence-corrected chi connectivity index (χ0v) is 14.9. The second kappa shape index (κ2) is 8.07. The molecule has 0 unspecified atom stereocenters. The number of likely N-dealkylation sites (N-methyl/N-ethyl adjacent to an activating group) is 1. The van der Waals surface area contributed by atoms with Crippen molar-refractivity contribution in [2.75, 3.05) is 37.6 Å². The molecule has 2 heterocycles. The first-order valence-electron chi connectivity index (χ1n) is 8.79. The van der Waals surface area contributed by atoms with Crippen LogP contribution < -0.4 is 10.2 Å². The zero-order valence-electron chi connectivity index (χ0n) is 14.9. The van der Waals surface area contributed by atoms with Crippen LogP contribution in [0.1, 0.15) is 28.5 Å². The van der Waals surface area contributed by atoms with Crippen molar-refractivity contribution in [3.05, 3.63) is 53.5 Å². The maximum atomic E-state index is 12.2. The van der Waals surface area contributed by atoms with Crippen LogP contribution >= 0.6 is 0 Å². The van der Waals surface area contributed by atoms with Crippen LogP contribution in [-0.4, -0.2) is 53.5 Å². The molecule has 1 saturated heterocycles. The third-order valence-corrected chi connectivity index (χ3v) is 4.55. The summed E-state index contributed by atoms with van der Waals surface area (Å²) in [6.45, 7) is 9.76. The number of anilines is 1. The van der Waals surface area contributed by atoms with Crippen LogP contribution in [0.2, 0.25) is 0 Å². The van der Waals surface area contributed by atoms with E-state index in [9.17, 15) is 4.79 Å². The molecule has 1 aromatic carbocycles. The number of nitrogens with one attached hydrogen (secondary N) is 1. The molecule has 0 saturated carbocycles. The molecule has 3 rings (SSSR count). The molecule has 6 nitrogen and oxygen atoms in total. The fraction of sp³-hybridized carbons (Fsp3) is 0.421. The minimum absolute atomic E-state index is 0.198. The first-order valence-corrected chi connectivity index (χ1v) is 8.79. The standard InChI is InChI=1S/C19H25N5O/c1-3-23-7-9-24(10-8-23)18-14-20-17(13-21-18)19(25)22-12-16-6-4-5-15(2)11-16/h4-6,11,13-14H,3,7-10,12H2,1-2H3,(H,22,25). The summed E-state index contributed by atoms with van der Waals surface area (Å²) in [7, 11) is 0. The van der Waals surface area contributed by atoms with Gasteiger partial charge in [0, 0.05) is 32.7 Å². The van der Waals surface area contributed by atoms with Crippen molar-refractivity contribution in [2.45, 2.75) is 20.4 Å². The van der Waals surface area contributed by atoms with E-state index >= 15 is 0 Å². The smallest absolute Gasteiger partial charge is 0.271 e. The molecule has 1 aliphatic rings. The highest BCUT2D eigenvalue weighted by Crippen LogP contribution is 2.12. The number of carbonyl (C=O) groups excluding carboxylic acids is 1. The largest absolute Gasteiger partial charge is 0.353 e. The third kappa shape index (κ3) is 4.54. The van der Waals surface area contributed by atoms with Crippen molar-refractivity contribution in [1.29, 1.82) is 0 Å². The molecule has 0 radical (unpaired) electrons. The summed E-state index contributed by atoms with van der Waals surface area (Å²) in [5.74, 6) is 0.641. The highest BCUT2D eigenvalue weighted by atomic mass is 16.1. The molecule has 0 bridgehead atoms. The van der Waals surface area contributed by atoms with Gasteiger partial charge in [0.15, 0.2) is 0 Å². The van der Waals surface area contributed by atoms with E-state index in [4.69, 9.17) is 0 Å². The minimum atomic E-state index is -0.198. The van der Waals surface area contributed by atoms with Crippen molar-refractivity contribution in [3.8, 4) is 0 Å². The molecular formula is C19H25N5O. The Hall–Kier alpha value is -2.47. The molecule has 0 spiro atoms. The van der Waals surface area contributed by atoms with Gasteiger partial charge in [0.2, 0.25) is 0 Å². The fourth-order valence-corrected chi connectivity index (χ4v) is 2.99. The van der Waals surface area contributed by atoms with Crippen LogP contribution in [0.5, 0.6) is 0 Å². The van der Waals surface area contributed by atoms with E-state index in [-0.39, 0.29) is 5.91 Å². The second-order valence-electron chi connectivity index (χ2n) is 6.35. The van der Waals surface area contributed by atoms with Gasteiger partial charge in [-0.1, -0.05) is 36.8 Å². The van der Waals surface area contributed by atoms with E-state index in [0.717, 1.165) is 44.1 Å². The monoisotopic (exact) mass is 339 g/mol. The van der Waals surface area contributed by atoms with Crippen molar-refractivity contribution >= 4 is 11.7 Å². The van der Waals surface area contributed by atoms with Crippen molar-refractivity contribution in [2.24, 2.45) is 0 Å². The number of rotatable bonds is 5. The Bertz CT molecular complexity index is 708. The predicted octanol–water partition coefficient (Wildman–Crippen LogP) is 1.86. The lowest BCUT2D eigenvalue weighted by Gasteiger charge is -2.34.